The second-order valence-corrected chi connectivity index (χ2v) is 5.65. The first-order valence-electron chi connectivity index (χ1n) is 7.64. The zero-order valence-corrected chi connectivity index (χ0v) is 13.2. The molecular weight excluding hydrogens is 282 g/mol. The van der Waals surface area contributed by atoms with Crippen LogP contribution in [0.5, 0.6) is 0 Å². The molecule has 1 aromatic rings. The lowest BCUT2D eigenvalue weighted by molar-refractivity contribution is 0.0691. The Labute approximate surface area is 130 Å². The number of methoxy groups -OCH3 is 1. The van der Waals surface area contributed by atoms with Gasteiger partial charge in [-0.25, -0.2) is 0 Å². The number of hydrogen-bond donors (Lipinski definition) is 1. The maximum Gasteiger partial charge on any atom is 0.272 e. The molecule has 0 aromatic carbocycles. The summed E-state index contributed by atoms with van der Waals surface area (Å²) in [6, 6.07) is 3.17. The molecule has 0 bridgehead atoms. The Hall–Kier alpha value is -1.95. The van der Waals surface area contributed by atoms with E-state index >= 15 is 0 Å². The second kappa shape index (κ2) is 7.89. The van der Waals surface area contributed by atoms with Crippen molar-refractivity contribution >= 4 is 11.8 Å². The molecule has 1 aromatic heterocycles. The highest BCUT2D eigenvalue weighted by Crippen LogP contribution is 2.17. The monoisotopic (exact) mass is 305 g/mol. The number of pyridine rings is 1. The van der Waals surface area contributed by atoms with Crippen LogP contribution in [0.1, 0.15) is 40.6 Å². The summed E-state index contributed by atoms with van der Waals surface area (Å²) in [5.74, 6) is 0.342. The lowest BCUT2D eigenvalue weighted by Gasteiger charge is -2.30. The topological polar surface area (TPSA) is 71.5 Å². The molecular formula is C16H23N3O3. The number of aromatic nitrogens is 1. The van der Waals surface area contributed by atoms with Crippen molar-refractivity contribution in [2.75, 3.05) is 33.4 Å². The number of rotatable bonds is 5. The number of likely N-dealkylation sites (tertiary alicyclic amines) is 1. The number of ether oxygens (including phenoxy) is 1. The van der Waals surface area contributed by atoms with Crippen molar-refractivity contribution in [2.24, 2.45) is 5.92 Å². The van der Waals surface area contributed by atoms with Crippen molar-refractivity contribution < 1.29 is 14.3 Å². The Morgan fingerprint density at radius 2 is 2.14 bits per heavy atom. The van der Waals surface area contributed by atoms with Crippen LogP contribution >= 0.6 is 0 Å². The van der Waals surface area contributed by atoms with Crippen molar-refractivity contribution in [2.45, 2.75) is 19.8 Å². The van der Waals surface area contributed by atoms with Gasteiger partial charge in [-0.15, -0.1) is 0 Å². The van der Waals surface area contributed by atoms with Gasteiger partial charge in [-0.3, -0.25) is 14.6 Å². The number of nitrogens with one attached hydrogen (secondary N) is 1. The van der Waals surface area contributed by atoms with E-state index in [0.29, 0.717) is 30.3 Å². The maximum absolute atomic E-state index is 12.5. The summed E-state index contributed by atoms with van der Waals surface area (Å²) in [6.45, 7) is 4.60. The number of carbonyl (C=O) groups is 2. The van der Waals surface area contributed by atoms with E-state index in [1.807, 2.05) is 4.90 Å². The number of hydrogen-bond acceptors (Lipinski definition) is 4. The molecule has 0 aliphatic carbocycles. The van der Waals surface area contributed by atoms with Gasteiger partial charge in [-0.05, 0) is 30.9 Å². The van der Waals surface area contributed by atoms with Crippen LogP contribution in [-0.2, 0) is 4.74 Å². The van der Waals surface area contributed by atoms with Gasteiger partial charge in [0.1, 0.15) is 5.69 Å². The summed E-state index contributed by atoms with van der Waals surface area (Å²) in [4.78, 5) is 30.4. The Kier molecular flexibility index (Phi) is 5.89. The molecule has 0 spiro atoms. The van der Waals surface area contributed by atoms with Crippen molar-refractivity contribution in [3.05, 3.63) is 29.6 Å². The van der Waals surface area contributed by atoms with Gasteiger partial charge in [0, 0.05) is 38.5 Å². The van der Waals surface area contributed by atoms with Crippen LogP contribution in [0.15, 0.2) is 18.3 Å². The summed E-state index contributed by atoms with van der Waals surface area (Å²) in [5, 5.41) is 2.73. The van der Waals surface area contributed by atoms with Crippen molar-refractivity contribution in [1.82, 2.24) is 15.2 Å². The van der Waals surface area contributed by atoms with Crippen LogP contribution in [0, 0.1) is 5.92 Å². The summed E-state index contributed by atoms with van der Waals surface area (Å²) >= 11 is 0. The zero-order chi connectivity index (χ0) is 15.9. The Bertz CT molecular complexity index is 525. The molecule has 0 unspecified atom stereocenters. The van der Waals surface area contributed by atoms with E-state index in [0.717, 1.165) is 25.9 Å². The minimum atomic E-state index is -0.222. The second-order valence-electron chi connectivity index (χ2n) is 5.65. The van der Waals surface area contributed by atoms with E-state index in [2.05, 4.69) is 17.2 Å². The smallest absolute Gasteiger partial charge is 0.272 e. The van der Waals surface area contributed by atoms with Crippen LogP contribution in [0.25, 0.3) is 0 Å². The predicted octanol–water partition coefficient (Wildman–Crippen LogP) is 1.33. The summed E-state index contributed by atoms with van der Waals surface area (Å²) in [6.07, 6.45) is 3.54. The highest BCUT2D eigenvalue weighted by Gasteiger charge is 2.22. The van der Waals surface area contributed by atoms with Gasteiger partial charge in [0.25, 0.3) is 11.8 Å². The lowest BCUT2D eigenvalue weighted by Crippen LogP contribution is -2.38. The third-order valence-electron chi connectivity index (χ3n) is 3.90. The van der Waals surface area contributed by atoms with Crippen molar-refractivity contribution in [3.63, 3.8) is 0 Å². The molecule has 1 saturated heterocycles. The van der Waals surface area contributed by atoms with Crippen LogP contribution in [0.4, 0.5) is 0 Å². The molecule has 22 heavy (non-hydrogen) atoms. The van der Waals surface area contributed by atoms with Crippen LogP contribution in [0.2, 0.25) is 0 Å². The molecule has 1 aliphatic rings. The standard InChI is InChI=1S/C16H23N3O3/c1-12-4-8-19(9-5-12)16(21)14-11-13(3-6-17-14)15(20)18-7-10-22-2/h3,6,11-12H,4-5,7-10H2,1-2H3,(H,18,20). The zero-order valence-electron chi connectivity index (χ0n) is 13.2. The predicted molar refractivity (Wildman–Crippen MR) is 82.7 cm³/mol. The Morgan fingerprint density at radius 1 is 1.41 bits per heavy atom. The quantitative estimate of drug-likeness (QED) is 0.833. The average Bonchev–Trinajstić information content (AvgIpc) is 2.55. The minimum absolute atomic E-state index is 0.0987. The first kappa shape index (κ1) is 16.4. The molecule has 120 valence electrons. The van der Waals surface area contributed by atoms with Crippen molar-refractivity contribution in [1.29, 1.82) is 0 Å². The van der Waals surface area contributed by atoms with Gasteiger partial charge in [0.15, 0.2) is 0 Å². The highest BCUT2D eigenvalue weighted by molar-refractivity contribution is 5.98. The van der Waals surface area contributed by atoms with Gasteiger partial charge >= 0.3 is 0 Å². The largest absolute Gasteiger partial charge is 0.383 e. The first-order chi connectivity index (χ1) is 10.6. The number of carbonyl (C=O) groups excluding carboxylic acids is 2. The Morgan fingerprint density at radius 3 is 2.82 bits per heavy atom. The van der Waals surface area contributed by atoms with Gasteiger partial charge < -0.3 is 15.0 Å². The molecule has 6 nitrogen and oxygen atoms in total. The number of amides is 2. The van der Waals surface area contributed by atoms with Gasteiger partial charge in [-0.1, -0.05) is 6.92 Å². The van der Waals surface area contributed by atoms with Gasteiger partial charge in [0.05, 0.1) is 6.61 Å². The third-order valence-corrected chi connectivity index (χ3v) is 3.90. The SMILES string of the molecule is COCCNC(=O)c1ccnc(C(=O)N2CCC(C)CC2)c1. The molecule has 1 aliphatic heterocycles. The summed E-state index contributed by atoms with van der Waals surface area (Å²) in [5.41, 5.74) is 0.772. The van der Waals surface area contributed by atoms with E-state index < -0.39 is 0 Å². The van der Waals surface area contributed by atoms with Gasteiger partial charge in [-0.2, -0.15) is 0 Å². The normalized spacial score (nSPS) is 15.6. The summed E-state index contributed by atoms with van der Waals surface area (Å²) < 4.78 is 4.89. The summed E-state index contributed by atoms with van der Waals surface area (Å²) in [7, 11) is 1.58. The maximum atomic E-state index is 12.5. The van der Waals surface area contributed by atoms with E-state index in [1.54, 1.807) is 19.2 Å². The molecule has 2 heterocycles. The van der Waals surface area contributed by atoms with E-state index in [4.69, 9.17) is 4.74 Å². The van der Waals surface area contributed by atoms with E-state index in [-0.39, 0.29) is 11.8 Å². The molecule has 1 N–H and O–H groups in total. The van der Waals surface area contributed by atoms with Crippen LogP contribution in [0.3, 0.4) is 0 Å². The van der Waals surface area contributed by atoms with Crippen molar-refractivity contribution in [3.8, 4) is 0 Å². The van der Waals surface area contributed by atoms with E-state index in [9.17, 15) is 9.59 Å². The molecule has 6 heteroatoms. The highest BCUT2D eigenvalue weighted by atomic mass is 16.5. The number of piperidine rings is 1. The molecule has 1 fully saturated rings. The number of nitrogens with zero attached hydrogens (tertiary/aromatic N) is 2. The van der Waals surface area contributed by atoms with Gasteiger partial charge in [0.2, 0.25) is 0 Å². The molecule has 2 amide bonds. The van der Waals surface area contributed by atoms with Crippen LogP contribution in [-0.4, -0.2) is 55.0 Å². The Balaban J connectivity index is 2.01. The molecule has 0 radical (unpaired) electrons. The molecule has 2 rings (SSSR count). The molecule has 0 atom stereocenters. The fourth-order valence-electron chi connectivity index (χ4n) is 2.43. The van der Waals surface area contributed by atoms with Crippen LogP contribution < -0.4 is 5.32 Å². The first-order valence-corrected chi connectivity index (χ1v) is 7.64. The minimum Gasteiger partial charge on any atom is -0.383 e. The fraction of sp³-hybridized carbons (Fsp3) is 0.562. The average molecular weight is 305 g/mol. The lowest BCUT2D eigenvalue weighted by atomic mass is 9.99. The fourth-order valence-corrected chi connectivity index (χ4v) is 2.43. The van der Waals surface area contributed by atoms with E-state index in [1.165, 1.54) is 6.20 Å². The molecule has 0 saturated carbocycles. The third kappa shape index (κ3) is 4.27.